The zero-order chi connectivity index (χ0) is 8.43. The lowest BCUT2D eigenvalue weighted by Gasteiger charge is -2.23. The highest BCUT2D eigenvalue weighted by molar-refractivity contribution is 7.99. The average Bonchev–Trinajstić information content (AvgIpc) is 2.30. The summed E-state index contributed by atoms with van der Waals surface area (Å²) >= 11 is 1.62. The standard InChI is InChI=1S/C7H13NO2S/c1-5-3-4-6(11-2)8(5)7(9)10/h5-6H,3-4H2,1-2H3,(H,9,10). The third-order valence-electron chi connectivity index (χ3n) is 2.11. The number of thioether (sulfide) groups is 1. The Balaban J connectivity index is 2.63. The summed E-state index contributed by atoms with van der Waals surface area (Å²) in [5, 5.41) is 8.98. The second-order valence-electron chi connectivity index (χ2n) is 2.81. The van der Waals surface area contributed by atoms with Gasteiger partial charge in [-0.25, -0.2) is 4.79 Å². The molecule has 2 unspecified atom stereocenters. The lowest BCUT2D eigenvalue weighted by molar-refractivity contribution is 0.139. The molecule has 11 heavy (non-hydrogen) atoms. The predicted molar refractivity (Wildman–Crippen MR) is 45.9 cm³/mol. The minimum atomic E-state index is -0.783. The van der Waals surface area contributed by atoms with E-state index >= 15 is 0 Å². The summed E-state index contributed by atoms with van der Waals surface area (Å²) < 4.78 is 0. The van der Waals surface area contributed by atoms with Crippen molar-refractivity contribution < 1.29 is 9.90 Å². The third kappa shape index (κ3) is 1.61. The van der Waals surface area contributed by atoms with Crippen LogP contribution in [0.3, 0.4) is 0 Å². The summed E-state index contributed by atoms with van der Waals surface area (Å²) in [7, 11) is 0. The SMILES string of the molecule is CSC1CCC(C)N1C(=O)O. The minimum Gasteiger partial charge on any atom is -0.465 e. The summed E-state index contributed by atoms with van der Waals surface area (Å²) in [6.07, 6.45) is 3.17. The second kappa shape index (κ2) is 3.34. The Labute approximate surface area is 70.8 Å². The van der Waals surface area contributed by atoms with Crippen molar-refractivity contribution in [3.8, 4) is 0 Å². The largest absolute Gasteiger partial charge is 0.465 e. The molecular weight excluding hydrogens is 162 g/mol. The van der Waals surface area contributed by atoms with Crippen molar-refractivity contribution in [1.29, 1.82) is 0 Å². The predicted octanol–water partition coefficient (Wildman–Crippen LogP) is 1.84. The van der Waals surface area contributed by atoms with Gasteiger partial charge in [0.05, 0.1) is 5.37 Å². The summed E-state index contributed by atoms with van der Waals surface area (Å²) in [5.41, 5.74) is 0. The molecule has 1 aliphatic rings. The van der Waals surface area contributed by atoms with E-state index in [-0.39, 0.29) is 11.4 Å². The summed E-state index contributed by atoms with van der Waals surface area (Å²) in [6, 6.07) is 0.199. The van der Waals surface area contributed by atoms with Crippen LogP contribution in [0.1, 0.15) is 19.8 Å². The number of amides is 1. The molecule has 0 bridgehead atoms. The first kappa shape index (κ1) is 8.71. The normalized spacial score (nSPS) is 30.9. The highest BCUT2D eigenvalue weighted by Gasteiger charge is 2.33. The number of carbonyl (C=O) groups is 1. The van der Waals surface area contributed by atoms with Crippen LogP contribution in [0.15, 0.2) is 0 Å². The molecule has 1 amide bonds. The van der Waals surface area contributed by atoms with Crippen LogP contribution in [0.2, 0.25) is 0 Å². The number of carboxylic acid groups (broad SMARTS) is 1. The molecule has 1 N–H and O–H groups in total. The van der Waals surface area contributed by atoms with Gasteiger partial charge in [-0.2, -0.15) is 0 Å². The molecule has 0 aliphatic carbocycles. The van der Waals surface area contributed by atoms with E-state index in [0.29, 0.717) is 0 Å². The van der Waals surface area contributed by atoms with E-state index in [1.165, 1.54) is 0 Å². The number of nitrogens with zero attached hydrogens (tertiary/aromatic N) is 1. The van der Waals surface area contributed by atoms with E-state index in [1.807, 2.05) is 13.2 Å². The zero-order valence-corrected chi connectivity index (χ0v) is 7.60. The number of hydrogen-bond acceptors (Lipinski definition) is 2. The minimum absolute atomic E-state index is 0.183. The first-order chi connectivity index (χ1) is 5.16. The van der Waals surface area contributed by atoms with Gasteiger partial charge >= 0.3 is 6.09 Å². The van der Waals surface area contributed by atoms with E-state index in [2.05, 4.69) is 0 Å². The first-order valence-electron chi connectivity index (χ1n) is 3.71. The van der Waals surface area contributed by atoms with Gasteiger partial charge in [-0.15, -0.1) is 11.8 Å². The topological polar surface area (TPSA) is 40.5 Å². The van der Waals surface area contributed by atoms with Gasteiger partial charge in [-0.05, 0) is 26.0 Å². The van der Waals surface area contributed by atoms with Crippen LogP contribution in [-0.4, -0.2) is 33.8 Å². The highest BCUT2D eigenvalue weighted by atomic mass is 32.2. The summed E-state index contributed by atoms with van der Waals surface area (Å²) in [6.45, 7) is 1.96. The van der Waals surface area contributed by atoms with Crippen molar-refractivity contribution in [2.24, 2.45) is 0 Å². The van der Waals surface area contributed by atoms with Gasteiger partial charge in [0.25, 0.3) is 0 Å². The molecule has 1 saturated heterocycles. The molecule has 64 valence electrons. The van der Waals surface area contributed by atoms with Crippen molar-refractivity contribution in [2.45, 2.75) is 31.2 Å². The van der Waals surface area contributed by atoms with Crippen molar-refractivity contribution in [2.75, 3.05) is 6.26 Å². The summed E-state index contributed by atoms with van der Waals surface area (Å²) in [5.74, 6) is 0. The fourth-order valence-electron chi connectivity index (χ4n) is 1.49. The maximum absolute atomic E-state index is 10.7. The van der Waals surface area contributed by atoms with Crippen LogP contribution in [0.4, 0.5) is 4.79 Å². The molecule has 3 nitrogen and oxygen atoms in total. The lowest BCUT2D eigenvalue weighted by Crippen LogP contribution is -2.37. The Hall–Kier alpha value is -0.380. The molecule has 0 aromatic rings. The monoisotopic (exact) mass is 175 g/mol. The van der Waals surface area contributed by atoms with Gasteiger partial charge in [0.15, 0.2) is 0 Å². The highest BCUT2D eigenvalue weighted by Crippen LogP contribution is 2.29. The second-order valence-corrected chi connectivity index (χ2v) is 3.82. The average molecular weight is 175 g/mol. The quantitative estimate of drug-likeness (QED) is 0.661. The van der Waals surface area contributed by atoms with E-state index in [1.54, 1.807) is 16.7 Å². The fraction of sp³-hybridized carbons (Fsp3) is 0.857. The smallest absolute Gasteiger partial charge is 0.408 e. The molecular formula is C7H13NO2S. The Morgan fingerprint density at radius 1 is 1.64 bits per heavy atom. The summed E-state index contributed by atoms with van der Waals surface area (Å²) in [4.78, 5) is 12.2. The first-order valence-corrected chi connectivity index (χ1v) is 4.99. The number of rotatable bonds is 1. The molecule has 2 atom stereocenters. The Kier molecular flexibility index (Phi) is 2.65. The lowest BCUT2D eigenvalue weighted by atomic mass is 10.2. The van der Waals surface area contributed by atoms with Crippen molar-refractivity contribution in [3.05, 3.63) is 0 Å². The molecule has 0 spiro atoms. The molecule has 1 fully saturated rings. The van der Waals surface area contributed by atoms with E-state index in [4.69, 9.17) is 5.11 Å². The maximum atomic E-state index is 10.7. The molecule has 1 rings (SSSR count). The third-order valence-corrected chi connectivity index (χ3v) is 3.12. The molecule has 0 radical (unpaired) electrons. The number of likely N-dealkylation sites (tertiary alicyclic amines) is 1. The van der Waals surface area contributed by atoms with Crippen LogP contribution in [0.5, 0.6) is 0 Å². The van der Waals surface area contributed by atoms with Crippen molar-refractivity contribution in [3.63, 3.8) is 0 Å². The Bertz CT molecular complexity index is 163. The van der Waals surface area contributed by atoms with Crippen LogP contribution in [-0.2, 0) is 0 Å². The van der Waals surface area contributed by atoms with Crippen LogP contribution >= 0.6 is 11.8 Å². The van der Waals surface area contributed by atoms with Gasteiger partial charge in [-0.1, -0.05) is 0 Å². The van der Waals surface area contributed by atoms with Crippen LogP contribution in [0.25, 0.3) is 0 Å². The Morgan fingerprint density at radius 2 is 2.27 bits per heavy atom. The van der Waals surface area contributed by atoms with Gasteiger partial charge in [-0.3, -0.25) is 4.90 Å². The van der Waals surface area contributed by atoms with Crippen LogP contribution < -0.4 is 0 Å². The number of hydrogen-bond donors (Lipinski definition) is 1. The zero-order valence-electron chi connectivity index (χ0n) is 6.78. The van der Waals surface area contributed by atoms with E-state index < -0.39 is 6.09 Å². The molecule has 0 saturated carbocycles. The molecule has 4 heteroatoms. The molecule has 0 aromatic heterocycles. The van der Waals surface area contributed by atoms with E-state index in [9.17, 15) is 4.79 Å². The van der Waals surface area contributed by atoms with Gasteiger partial charge in [0, 0.05) is 6.04 Å². The van der Waals surface area contributed by atoms with Crippen molar-refractivity contribution >= 4 is 17.9 Å². The van der Waals surface area contributed by atoms with Gasteiger partial charge < -0.3 is 5.11 Å². The fourth-order valence-corrected chi connectivity index (χ4v) is 2.39. The van der Waals surface area contributed by atoms with Crippen LogP contribution in [0, 0.1) is 0 Å². The van der Waals surface area contributed by atoms with Gasteiger partial charge in [0.1, 0.15) is 0 Å². The van der Waals surface area contributed by atoms with Gasteiger partial charge in [0.2, 0.25) is 0 Å². The molecule has 0 aromatic carbocycles. The molecule has 1 aliphatic heterocycles. The van der Waals surface area contributed by atoms with E-state index in [0.717, 1.165) is 12.8 Å². The maximum Gasteiger partial charge on any atom is 0.408 e. The Morgan fingerprint density at radius 3 is 2.64 bits per heavy atom. The van der Waals surface area contributed by atoms with Crippen molar-refractivity contribution in [1.82, 2.24) is 4.90 Å². The molecule has 1 heterocycles.